The molecule has 4 nitrogen and oxygen atoms in total. The number of piperazine rings is 1. The Morgan fingerprint density at radius 1 is 1.11 bits per heavy atom. The molecule has 0 unspecified atom stereocenters. The van der Waals surface area contributed by atoms with Crippen molar-refractivity contribution in [1.29, 1.82) is 0 Å². The van der Waals surface area contributed by atoms with Gasteiger partial charge in [0.05, 0.1) is 18.2 Å². The summed E-state index contributed by atoms with van der Waals surface area (Å²) in [4.78, 5) is 2.42. The normalized spacial score (nSPS) is 20.1. The molecule has 0 bridgehead atoms. The lowest BCUT2D eigenvalue weighted by atomic mass is 10.1. The fraction of sp³-hybridized carbons (Fsp3) is 0.571. The van der Waals surface area contributed by atoms with Gasteiger partial charge in [0, 0.05) is 44.7 Å². The van der Waals surface area contributed by atoms with Gasteiger partial charge in [-0.15, -0.1) is 0 Å². The summed E-state index contributed by atoms with van der Waals surface area (Å²) in [6.45, 7) is 6.49. The molecule has 1 aromatic carbocycles. The van der Waals surface area contributed by atoms with Crippen LogP contribution in [0.25, 0.3) is 0 Å². The van der Waals surface area contributed by atoms with Crippen LogP contribution in [0.3, 0.4) is 0 Å². The molecule has 1 saturated heterocycles. The zero-order valence-electron chi connectivity index (χ0n) is 11.0. The number of nitrogens with one attached hydrogen (secondary N) is 1. The molecule has 0 radical (unpaired) electrons. The first-order valence-corrected chi connectivity index (χ1v) is 7.22. The summed E-state index contributed by atoms with van der Waals surface area (Å²) in [5, 5.41) is 4.00. The van der Waals surface area contributed by atoms with Crippen molar-refractivity contribution in [2.24, 2.45) is 0 Å². The summed E-state index contributed by atoms with van der Waals surface area (Å²) in [5.74, 6) is 1.55. The number of ether oxygens (including phenoxy) is 2. The highest BCUT2D eigenvalue weighted by molar-refractivity contribution is 6.32. The maximum absolute atomic E-state index is 6.20. The molecule has 1 fully saturated rings. The van der Waals surface area contributed by atoms with Crippen molar-refractivity contribution in [3.05, 3.63) is 22.7 Å². The average molecular weight is 283 g/mol. The molecule has 0 spiro atoms. The van der Waals surface area contributed by atoms with Gasteiger partial charge >= 0.3 is 0 Å². The molecular weight excluding hydrogens is 264 g/mol. The minimum absolute atomic E-state index is 0.640. The molecule has 2 heterocycles. The topological polar surface area (TPSA) is 33.7 Å². The van der Waals surface area contributed by atoms with E-state index in [-0.39, 0.29) is 0 Å². The third-order valence-corrected chi connectivity index (χ3v) is 3.83. The Bertz CT molecular complexity index is 447. The Hall–Kier alpha value is -0.970. The second-order valence-corrected chi connectivity index (χ2v) is 5.35. The first-order valence-electron chi connectivity index (χ1n) is 6.84. The van der Waals surface area contributed by atoms with Crippen molar-refractivity contribution in [2.45, 2.75) is 13.0 Å². The molecule has 104 valence electrons. The van der Waals surface area contributed by atoms with Crippen molar-refractivity contribution in [1.82, 2.24) is 10.2 Å². The Balaban J connectivity index is 1.84. The van der Waals surface area contributed by atoms with Gasteiger partial charge in [-0.2, -0.15) is 0 Å². The largest absolute Gasteiger partial charge is 0.489 e. The first-order chi connectivity index (χ1) is 9.34. The van der Waals surface area contributed by atoms with Crippen LogP contribution in [-0.4, -0.2) is 44.3 Å². The van der Waals surface area contributed by atoms with E-state index in [1.165, 1.54) is 5.56 Å². The maximum Gasteiger partial charge on any atom is 0.180 e. The lowest BCUT2D eigenvalue weighted by molar-refractivity contribution is 0.227. The lowest BCUT2D eigenvalue weighted by Crippen LogP contribution is -2.42. The van der Waals surface area contributed by atoms with Crippen molar-refractivity contribution in [3.8, 4) is 11.5 Å². The van der Waals surface area contributed by atoms with Crippen LogP contribution < -0.4 is 14.8 Å². The number of rotatable bonds is 2. The van der Waals surface area contributed by atoms with Gasteiger partial charge in [0.15, 0.2) is 11.5 Å². The Morgan fingerprint density at radius 3 is 2.63 bits per heavy atom. The number of halogens is 1. The molecule has 0 amide bonds. The fourth-order valence-corrected chi connectivity index (χ4v) is 2.72. The molecule has 2 aliphatic heterocycles. The Kier molecular flexibility index (Phi) is 4.11. The van der Waals surface area contributed by atoms with Crippen LogP contribution in [0.15, 0.2) is 12.1 Å². The lowest BCUT2D eigenvalue weighted by Gasteiger charge is -2.28. The van der Waals surface area contributed by atoms with Crippen LogP contribution in [-0.2, 0) is 6.54 Å². The van der Waals surface area contributed by atoms with Gasteiger partial charge in [-0.25, -0.2) is 0 Å². The first kappa shape index (κ1) is 13.0. The highest BCUT2D eigenvalue weighted by Crippen LogP contribution is 2.40. The van der Waals surface area contributed by atoms with Crippen molar-refractivity contribution in [3.63, 3.8) is 0 Å². The van der Waals surface area contributed by atoms with E-state index in [9.17, 15) is 0 Å². The molecular formula is C14H19ClN2O2. The summed E-state index contributed by atoms with van der Waals surface area (Å²) in [6, 6.07) is 3.96. The highest BCUT2D eigenvalue weighted by atomic mass is 35.5. The van der Waals surface area contributed by atoms with E-state index < -0.39 is 0 Å². The second kappa shape index (κ2) is 5.99. The van der Waals surface area contributed by atoms with Crippen LogP contribution in [0.1, 0.15) is 12.0 Å². The van der Waals surface area contributed by atoms with E-state index in [0.29, 0.717) is 24.0 Å². The van der Waals surface area contributed by atoms with Gasteiger partial charge in [-0.1, -0.05) is 17.7 Å². The second-order valence-electron chi connectivity index (χ2n) is 4.94. The van der Waals surface area contributed by atoms with Crippen LogP contribution >= 0.6 is 11.6 Å². The van der Waals surface area contributed by atoms with E-state index in [4.69, 9.17) is 21.1 Å². The maximum atomic E-state index is 6.20. The van der Waals surface area contributed by atoms with Gasteiger partial charge in [0.25, 0.3) is 0 Å². The van der Waals surface area contributed by atoms with Crippen LogP contribution in [0.2, 0.25) is 5.02 Å². The van der Waals surface area contributed by atoms with E-state index in [0.717, 1.165) is 44.9 Å². The van der Waals surface area contributed by atoms with Crippen molar-refractivity contribution < 1.29 is 9.47 Å². The highest BCUT2D eigenvalue weighted by Gasteiger charge is 2.20. The quantitative estimate of drug-likeness (QED) is 0.898. The van der Waals surface area contributed by atoms with Crippen LogP contribution in [0, 0.1) is 0 Å². The van der Waals surface area contributed by atoms with E-state index in [2.05, 4.69) is 16.3 Å². The third kappa shape index (κ3) is 2.96. The van der Waals surface area contributed by atoms with E-state index in [1.54, 1.807) is 0 Å². The molecule has 0 aromatic heterocycles. The van der Waals surface area contributed by atoms with E-state index in [1.807, 2.05) is 6.07 Å². The number of fused-ring (bicyclic) bond motifs is 1. The van der Waals surface area contributed by atoms with Crippen molar-refractivity contribution in [2.75, 3.05) is 39.4 Å². The summed E-state index contributed by atoms with van der Waals surface area (Å²) in [7, 11) is 0. The molecule has 1 N–H and O–H groups in total. The SMILES string of the molecule is Clc1ccc(CN2CCNCC2)c2c1OCCCO2. The molecule has 0 atom stereocenters. The number of hydrogen-bond donors (Lipinski definition) is 1. The molecule has 1 aromatic rings. The van der Waals surface area contributed by atoms with Gasteiger partial charge in [0.1, 0.15) is 0 Å². The number of hydrogen-bond acceptors (Lipinski definition) is 4. The summed E-state index contributed by atoms with van der Waals surface area (Å²) >= 11 is 6.20. The summed E-state index contributed by atoms with van der Waals surface area (Å²) in [5.41, 5.74) is 1.17. The van der Waals surface area contributed by atoms with Gasteiger partial charge in [-0.05, 0) is 6.07 Å². The minimum Gasteiger partial charge on any atom is -0.489 e. The standard InChI is InChI=1S/C14H19ClN2O2/c15-12-3-2-11(10-17-6-4-16-5-7-17)13-14(12)19-9-1-8-18-13/h2-3,16H,1,4-10H2. The predicted octanol–water partition coefficient (Wildman–Crippen LogP) is 1.91. The molecule has 0 aliphatic carbocycles. The van der Waals surface area contributed by atoms with Gasteiger partial charge < -0.3 is 14.8 Å². The van der Waals surface area contributed by atoms with Gasteiger partial charge in [-0.3, -0.25) is 4.90 Å². The molecule has 5 heteroatoms. The zero-order chi connectivity index (χ0) is 13.1. The average Bonchev–Trinajstić information content (AvgIpc) is 2.70. The third-order valence-electron chi connectivity index (χ3n) is 3.53. The fourth-order valence-electron chi connectivity index (χ4n) is 2.51. The minimum atomic E-state index is 0.640. The number of nitrogens with zero attached hydrogens (tertiary/aromatic N) is 1. The number of benzene rings is 1. The van der Waals surface area contributed by atoms with Crippen LogP contribution in [0.5, 0.6) is 11.5 Å². The Labute approximate surface area is 118 Å². The monoisotopic (exact) mass is 282 g/mol. The predicted molar refractivity (Wildman–Crippen MR) is 75.2 cm³/mol. The summed E-state index contributed by atoms with van der Waals surface area (Å²) in [6.07, 6.45) is 0.901. The van der Waals surface area contributed by atoms with Crippen molar-refractivity contribution >= 4 is 11.6 Å². The zero-order valence-corrected chi connectivity index (χ0v) is 11.7. The molecule has 2 aliphatic rings. The summed E-state index contributed by atoms with van der Waals surface area (Å²) < 4.78 is 11.6. The Morgan fingerprint density at radius 2 is 1.84 bits per heavy atom. The van der Waals surface area contributed by atoms with E-state index >= 15 is 0 Å². The molecule has 3 rings (SSSR count). The van der Waals surface area contributed by atoms with Gasteiger partial charge in [0.2, 0.25) is 0 Å². The molecule has 0 saturated carbocycles. The molecule has 19 heavy (non-hydrogen) atoms. The van der Waals surface area contributed by atoms with Crippen LogP contribution in [0.4, 0.5) is 0 Å². The smallest absolute Gasteiger partial charge is 0.180 e.